The number of carbonyl (C=O) groups is 1. The molecule has 0 aromatic heterocycles. The predicted molar refractivity (Wildman–Crippen MR) is 207 cm³/mol. The van der Waals surface area contributed by atoms with Crippen LogP contribution in [0, 0.1) is 0 Å². The Labute approximate surface area is 338 Å². The number of hydrogen-bond acceptors (Lipinski definition) is 17. The summed E-state index contributed by atoms with van der Waals surface area (Å²) in [6, 6.07) is 0. The van der Waals surface area contributed by atoms with E-state index in [0.717, 1.165) is 5.33 Å². The molecule has 0 saturated carbocycles. The Morgan fingerprint density at radius 1 is 0.309 bits per heavy atom. The summed E-state index contributed by atoms with van der Waals surface area (Å²) < 4.78 is 86.9. The van der Waals surface area contributed by atoms with Gasteiger partial charge in [-0.25, -0.2) is 0 Å². The van der Waals surface area contributed by atoms with Gasteiger partial charge in [-0.05, 0) is 20.8 Å². The Hall–Kier alpha value is -0.650. The van der Waals surface area contributed by atoms with Crippen LogP contribution in [0.15, 0.2) is 0 Å². The molecule has 0 radical (unpaired) electrons. The topological polar surface area (TPSA) is 165 Å². The van der Waals surface area contributed by atoms with Crippen LogP contribution >= 0.6 is 15.9 Å². The molecule has 0 spiro atoms. The lowest BCUT2D eigenvalue weighted by molar-refractivity contribution is -0.156. The molecule has 0 N–H and O–H groups in total. The molecule has 0 bridgehead atoms. The Kier molecular flexibility index (Phi) is 45.5. The fourth-order valence-electron chi connectivity index (χ4n) is 3.78. The van der Waals surface area contributed by atoms with E-state index in [1.165, 1.54) is 0 Å². The number of ether oxygens (including phenoxy) is 16. The molecule has 18 heteroatoms. The summed E-state index contributed by atoms with van der Waals surface area (Å²) in [4.78, 5) is 11.6. The van der Waals surface area contributed by atoms with Gasteiger partial charge in [0, 0.05) is 5.33 Å². The Bertz CT molecular complexity index is 751. The molecule has 55 heavy (non-hydrogen) atoms. The highest BCUT2D eigenvalue weighted by Crippen LogP contribution is 2.08. The van der Waals surface area contributed by atoms with Crippen molar-refractivity contribution >= 4 is 21.9 Å². The van der Waals surface area contributed by atoms with Crippen molar-refractivity contribution in [3.63, 3.8) is 0 Å². The Morgan fingerprint density at radius 2 is 0.473 bits per heavy atom. The van der Waals surface area contributed by atoms with Gasteiger partial charge in [-0.3, -0.25) is 4.79 Å². The molecule has 0 amide bonds. The van der Waals surface area contributed by atoms with E-state index in [9.17, 15) is 4.79 Å². The van der Waals surface area contributed by atoms with Crippen LogP contribution in [0.2, 0.25) is 0 Å². The minimum Gasteiger partial charge on any atom is -0.460 e. The van der Waals surface area contributed by atoms with Gasteiger partial charge >= 0.3 is 5.97 Å². The van der Waals surface area contributed by atoms with Crippen molar-refractivity contribution in [1.29, 1.82) is 0 Å². The molecule has 0 rings (SSSR count). The van der Waals surface area contributed by atoms with Crippen LogP contribution in [-0.4, -0.2) is 215 Å². The molecule has 0 fully saturated rings. The van der Waals surface area contributed by atoms with Gasteiger partial charge in [-0.15, -0.1) is 0 Å². The van der Waals surface area contributed by atoms with E-state index in [4.69, 9.17) is 75.8 Å². The van der Waals surface area contributed by atoms with Crippen LogP contribution in [0.25, 0.3) is 0 Å². The van der Waals surface area contributed by atoms with E-state index < -0.39 is 5.60 Å². The van der Waals surface area contributed by atoms with E-state index in [-0.39, 0.29) is 12.4 Å². The second-order valence-electron chi connectivity index (χ2n) is 12.2. The van der Waals surface area contributed by atoms with Crippen LogP contribution in [0.1, 0.15) is 27.2 Å². The second-order valence-corrected chi connectivity index (χ2v) is 13.0. The second kappa shape index (κ2) is 46.0. The minimum absolute atomic E-state index is 0.229. The molecule has 0 aromatic rings. The molecule has 0 heterocycles. The average molecular weight is 870 g/mol. The van der Waals surface area contributed by atoms with E-state index in [2.05, 4.69) is 15.9 Å². The minimum atomic E-state index is -0.477. The van der Waals surface area contributed by atoms with Crippen molar-refractivity contribution in [2.75, 3.05) is 204 Å². The third-order valence-electron chi connectivity index (χ3n) is 6.30. The molecular formula is C37H73BrO17. The van der Waals surface area contributed by atoms with Gasteiger partial charge < -0.3 is 75.8 Å². The molecule has 17 nitrogen and oxygen atoms in total. The fourth-order valence-corrected chi connectivity index (χ4v) is 4.01. The van der Waals surface area contributed by atoms with Crippen LogP contribution in [0.5, 0.6) is 0 Å². The first kappa shape index (κ1) is 54.3. The summed E-state index contributed by atoms with van der Waals surface area (Å²) in [7, 11) is 0. The van der Waals surface area contributed by atoms with Gasteiger partial charge in [-0.1, -0.05) is 15.9 Å². The van der Waals surface area contributed by atoms with Gasteiger partial charge in [0.2, 0.25) is 0 Å². The molecule has 0 aliphatic rings. The summed E-state index contributed by atoms with van der Waals surface area (Å²) in [6.45, 7) is 20.5. The van der Waals surface area contributed by atoms with E-state index in [0.29, 0.717) is 198 Å². The highest BCUT2D eigenvalue weighted by molar-refractivity contribution is 9.09. The number of hydrogen-bond donors (Lipinski definition) is 0. The van der Waals surface area contributed by atoms with Crippen molar-refractivity contribution in [3.8, 4) is 0 Å². The molecule has 0 aliphatic carbocycles. The molecule has 0 aliphatic heterocycles. The predicted octanol–water partition coefficient (Wildman–Crippen LogP) is 2.36. The van der Waals surface area contributed by atoms with Crippen LogP contribution < -0.4 is 0 Å². The zero-order valence-electron chi connectivity index (χ0n) is 33.9. The van der Waals surface area contributed by atoms with Crippen molar-refractivity contribution < 1.29 is 80.6 Å². The average Bonchev–Trinajstić information content (AvgIpc) is 3.15. The summed E-state index contributed by atoms with van der Waals surface area (Å²) in [6.07, 6.45) is 0.229. The molecular weight excluding hydrogens is 796 g/mol. The maximum absolute atomic E-state index is 11.6. The van der Waals surface area contributed by atoms with E-state index in [1.807, 2.05) is 20.8 Å². The highest BCUT2D eigenvalue weighted by atomic mass is 79.9. The van der Waals surface area contributed by atoms with Crippen LogP contribution in [0.3, 0.4) is 0 Å². The number of halogens is 1. The Balaban J connectivity index is 3.09. The molecule has 0 unspecified atom stereocenters. The summed E-state index contributed by atoms with van der Waals surface area (Å²) in [5, 5.41) is 0.833. The molecule has 330 valence electrons. The third-order valence-corrected chi connectivity index (χ3v) is 6.62. The summed E-state index contributed by atoms with van der Waals surface area (Å²) in [5.74, 6) is -0.267. The van der Waals surface area contributed by atoms with Crippen LogP contribution in [0.4, 0.5) is 0 Å². The third kappa shape index (κ3) is 51.3. The van der Waals surface area contributed by atoms with Crippen LogP contribution in [-0.2, 0) is 80.6 Å². The largest absolute Gasteiger partial charge is 0.460 e. The number of esters is 1. The lowest BCUT2D eigenvalue weighted by Gasteiger charge is -2.19. The first-order valence-corrected chi connectivity index (χ1v) is 20.5. The van der Waals surface area contributed by atoms with E-state index in [1.54, 1.807) is 0 Å². The fraction of sp³-hybridized carbons (Fsp3) is 0.973. The van der Waals surface area contributed by atoms with Crippen molar-refractivity contribution in [2.45, 2.75) is 32.8 Å². The normalized spacial score (nSPS) is 11.9. The molecule has 0 saturated heterocycles. The van der Waals surface area contributed by atoms with Gasteiger partial charge in [0.1, 0.15) is 5.60 Å². The number of alkyl halides is 1. The monoisotopic (exact) mass is 868 g/mol. The first-order chi connectivity index (χ1) is 27.0. The maximum atomic E-state index is 11.6. The number of rotatable bonds is 47. The van der Waals surface area contributed by atoms with Crippen molar-refractivity contribution in [1.82, 2.24) is 0 Å². The molecule has 0 aromatic carbocycles. The van der Waals surface area contributed by atoms with E-state index >= 15 is 0 Å². The summed E-state index contributed by atoms with van der Waals surface area (Å²) in [5.41, 5.74) is -0.477. The van der Waals surface area contributed by atoms with Gasteiger partial charge in [0.25, 0.3) is 0 Å². The molecule has 0 atom stereocenters. The lowest BCUT2D eigenvalue weighted by Crippen LogP contribution is -2.24. The smallest absolute Gasteiger partial charge is 0.308 e. The van der Waals surface area contributed by atoms with Crippen molar-refractivity contribution in [3.05, 3.63) is 0 Å². The zero-order valence-corrected chi connectivity index (χ0v) is 35.5. The maximum Gasteiger partial charge on any atom is 0.308 e. The first-order valence-electron chi connectivity index (χ1n) is 19.4. The van der Waals surface area contributed by atoms with Gasteiger partial charge in [0.15, 0.2) is 0 Å². The van der Waals surface area contributed by atoms with Gasteiger partial charge in [0.05, 0.1) is 205 Å². The number of carbonyl (C=O) groups excluding carboxylic acids is 1. The zero-order chi connectivity index (χ0) is 40.0. The summed E-state index contributed by atoms with van der Waals surface area (Å²) >= 11 is 3.30. The quantitative estimate of drug-likeness (QED) is 0.0497. The Morgan fingerprint density at radius 3 is 0.636 bits per heavy atom. The van der Waals surface area contributed by atoms with Gasteiger partial charge in [-0.2, -0.15) is 0 Å². The highest BCUT2D eigenvalue weighted by Gasteiger charge is 2.15. The lowest BCUT2D eigenvalue weighted by atomic mass is 10.2. The SMILES string of the molecule is CC(C)(C)OC(=O)CCOCCOCCOCCOCCOCCOCCOCCOCCOCCOCCOCCOCCOCCOCCOCCBr. The standard InChI is InChI=1S/C37H73BrO17/c1-37(2,3)55-36(39)4-6-40-8-10-42-12-14-44-16-18-46-20-22-48-24-26-50-28-30-52-32-34-54-35-33-53-31-29-51-27-25-49-23-21-47-19-17-45-15-13-43-11-9-41-7-5-38/h4-35H2,1-3H3. The van der Waals surface area contributed by atoms with Crippen molar-refractivity contribution in [2.24, 2.45) is 0 Å².